The maximum atomic E-state index is 14.6. The van der Waals surface area contributed by atoms with Crippen LogP contribution in [0.2, 0.25) is 0 Å². The second-order valence-corrected chi connectivity index (χ2v) is 14.3. The van der Waals surface area contributed by atoms with Gasteiger partial charge in [0.25, 0.3) is 11.8 Å². The molecule has 0 radical (unpaired) electrons. The van der Waals surface area contributed by atoms with E-state index in [1.807, 2.05) is 6.08 Å². The summed E-state index contributed by atoms with van der Waals surface area (Å²) in [5, 5.41) is 11.8. The van der Waals surface area contributed by atoms with Gasteiger partial charge in [0.05, 0.1) is 23.2 Å². The Bertz CT molecular complexity index is 2190. The first-order valence-corrected chi connectivity index (χ1v) is 16.6. The van der Waals surface area contributed by atoms with Crippen molar-refractivity contribution >= 4 is 74.8 Å². The molecular formula is C38H27Cl2FN2O6. The maximum absolute atomic E-state index is 14.6. The highest BCUT2D eigenvalue weighted by atomic mass is 35.5. The SMILES string of the molecule is CC(=O)c1ccc(N2C(=O)[C@H]3[C@H](CC=C4[C@H]3C[C@@]3(Cl)C(=O)N(c5ccc(F)cc5)C(=O)[C@@]3(Cl)[C@H]4c3ccc(O)c4ccccc34)C2=O)cc1. The van der Waals surface area contributed by atoms with E-state index in [9.17, 15) is 33.5 Å². The highest BCUT2D eigenvalue weighted by molar-refractivity contribution is 6.58. The first-order chi connectivity index (χ1) is 23.4. The molecule has 0 bridgehead atoms. The van der Waals surface area contributed by atoms with Crippen molar-refractivity contribution < 1.29 is 33.5 Å². The first-order valence-electron chi connectivity index (χ1n) is 15.8. The van der Waals surface area contributed by atoms with Gasteiger partial charge in [0.1, 0.15) is 11.6 Å². The summed E-state index contributed by atoms with van der Waals surface area (Å²) >= 11 is 15.0. The van der Waals surface area contributed by atoms with Crippen LogP contribution >= 0.6 is 23.2 Å². The Balaban J connectivity index is 1.31. The molecular weight excluding hydrogens is 670 g/mol. The lowest BCUT2D eigenvalue weighted by Gasteiger charge is -2.51. The standard InChI is InChI=1S/C38H27Cl2FN2O6/c1-19(44)20-6-10-22(11-7-20)42-33(46)28-15-14-27-29(31(28)34(42)47)18-37(39)35(48)43(23-12-8-21(41)9-13-23)36(49)38(37,40)32(27)26-16-17-30(45)25-5-3-2-4-24(25)26/h2-14,16-17,28-29,31-32,45H,15,18H2,1H3/t28-,29+,31-,32-,37+,38-/m0/s1. The molecule has 11 heteroatoms. The summed E-state index contributed by atoms with van der Waals surface area (Å²) in [6.07, 6.45) is 1.78. The number of aromatic hydroxyl groups is 1. The summed E-state index contributed by atoms with van der Waals surface area (Å²) in [7, 11) is 0. The third kappa shape index (κ3) is 4.18. The minimum Gasteiger partial charge on any atom is -0.507 e. The van der Waals surface area contributed by atoms with Crippen LogP contribution < -0.4 is 9.80 Å². The number of benzene rings is 4. The third-order valence-electron chi connectivity index (χ3n) is 10.7. The molecule has 2 aliphatic heterocycles. The van der Waals surface area contributed by atoms with Gasteiger partial charge in [-0.15, -0.1) is 23.2 Å². The Morgan fingerprint density at radius 2 is 1.43 bits per heavy atom. The summed E-state index contributed by atoms with van der Waals surface area (Å²) in [5.41, 5.74) is 1.94. The van der Waals surface area contributed by atoms with Crippen molar-refractivity contribution in [2.75, 3.05) is 9.80 Å². The molecule has 8 nitrogen and oxygen atoms in total. The zero-order chi connectivity index (χ0) is 34.6. The number of halogens is 3. The van der Waals surface area contributed by atoms with E-state index >= 15 is 0 Å². The van der Waals surface area contributed by atoms with Gasteiger partial charge in [-0.1, -0.05) is 42.0 Å². The Hall–Kier alpha value is -4.86. The van der Waals surface area contributed by atoms with Gasteiger partial charge in [0.2, 0.25) is 11.8 Å². The van der Waals surface area contributed by atoms with Gasteiger partial charge in [-0.25, -0.2) is 9.29 Å². The van der Waals surface area contributed by atoms with E-state index in [1.165, 1.54) is 25.1 Å². The molecule has 1 saturated carbocycles. The number of hydrogen-bond donors (Lipinski definition) is 1. The van der Waals surface area contributed by atoms with E-state index < -0.39 is 62.9 Å². The van der Waals surface area contributed by atoms with Crippen LogP contribution in [0.15, 0.2) is 96.6 Å². The Morgan fingerprint density at radius 1 is 0.796 bits per heavy atom. The normalized spacial score (nSPS) is 29.2. The van der Waals surface area contributed by atoms with E-state index in [4.69, 9.17) is 23.2 Å². The zero-order valence-corrected chi connectivity index (χ0v) is 27.4. The number of alkyl halides is 2. The molecule has 3 fully saturated rings. The monoisotopic (exact) mass is 696 g/mol. The zero-order valence-electron chi connectivity index (χ0n) is 25.9. The van der Waals surface area contributed by atoms with Gasteiger partial charge in [-0.3, -0.25) is 28.9 Å². The van der Waals surface area contributed by atoms with Crippen molar-refractivity contribution in [1.29, 1.82) is 0 Å². The molecule has 8 rings (SSSR count). The van der Waals surface area contributed by atoms with Crippen molar-refractivity contribution in [2.45, 2.75) is 35.4 Å². The smallest absolute Gasteiger partial charge is 0.258 e. The molecule has 0 aromatic heterocycles. The van der Waals surface area contributed by atoms with Crippen molar-refractivity contribution in [2.24, 2.45) is 17.8 Å². The number of phenols is 1. The van der Waals surface area contributed by atoms with Crippen LogP contribution in [0.4, 0.5) is 15.8 Å². The van der Waals surface area contributed by atoms with Gasteiger partial charge >= 0.3 is 0 Å². The predicted octanol–water partition coefficient (Wildman–Crippen LogP) is 6.66. The molecule has 4 aromatic carbocycles. The number of hydrogen-bond acceptors (Lipinski definition) is 6. The minimum atomic E-state index is -2.11. The number of Topliss-reactive ketones (excluding diaryl/α,β-unsaturated/α-hetero) is 1. The van der Waals surface area contributed by atoms with Crippen LogP contribution in [0, 0.1) is 23.6 Å². The van der Waals surface area contributed by atoms with E-state index in [1.54, 1.807) is 54.6 Å². The van der Waals surface area contributed by atoms with Crippen molar-refractivity contribution in [1.82, 2.24) is 0 Å². The van der Waals surface area contributed by atoms with Crippen LogP contribution in [0.25, 0.3) is 10.8 Å². The number of phenolic OH excluding ortho intramolecular Hbond substituents is 1. The number of carbonyl (C=O) groups is 5. The lowest BCUT2D eigenvalue weighted by Crippen LogP contribution is -2.60. The average molecular weight is 698 g/mol. The number of ketones is 1. The number of rotatable bonds is 4. The predicted molar refractivity (Wildman–Crippen MR) is 181 cm³/mol. The van der Waals surface area contributed by atoms with Crippen LogP contribution in [0.1, 0.15) is 41.6 Å². The molecule has 2 aliphatic carbocycles. The molecule has 2 saturated heterocycles. The van der Waals surface area contributed by atoms with Gasteiger partial charge in [-0.2, -0.15) is 0 Å². The van der Waals surface area contributed by atoms with Crippen molar-refractivity contribution in [3.63, 3.8) is 0 Å². The molecule has 246 valence electrons. The topological polar surface area (TPSA) is 112 Å². The molecule has 4 aromatic rings. The van der Waals surface area contributed by atoms with Crippen LogP contribution in [0.3, 0.4) is 0 Å². The number of carbonyl (C=O) groups excluding carboxylic acids is 5. The second-order valence-electron chi connectivity index (χ2n) is 13.1. The fourth-order valence-corrected chi connectivity index (χ4v) is 9.33. The number of amides is 4. The summed E-state index contributed by atoms with van der Waals surface area (Å²) in [6, 6.07) is 21.2. The van der Waals surface area contributed by atoms with E-state index in [0.717, 1.165) is 21.9 Å². The number of anilines is 2. The van der Waals surface area contributed by atoms with E-state index in [0.29, 0.717) is 33.2 Å². The number of allylic oxidation sites excluding steroid dienone is 2. The van der Waals surface area contributed by atoms with Crippen LogP contribution in [-0.2, 0) is 19.2 Å². The van der Waals surface area contributed by atoms with Crippen molar-refractivity contribution in [3.8, 4) is 5.75 Å². The van der Waals surface area contributed by atoms with Crippen LogP contribution in [-0.4, -0.2) is 44.3 Å². The van der Waals surface area contributed by atoms with Crippen LogP contribution in [0.5, 0.6) is 5.75 Å². The maximum Gasteiger partial charge on any atom is 0.258 e. The molecule has 0 unspecified atom stereocenters. The fourth-order valence-electron chi connectivity index (χ4n) is 8.40. The summed E-state index contributed by atoms with van der Waals surface area (Å²) in [6.45, 7) is 1.42. The molecule has 49 heavy (non-hydrogen) atoms. The molecule has 6 atom stereocenters. The summed E-state index contributed by atoms with van der Waals surface area (Å²) in [4.78, 5) is 67.1. The third-order valence-corrected chi connectivity index (χ3v) is 12.1. The minimum absolute atomic E-state index is 0.00470. The Morgan fingerprint density at radius 3 is 2.10 bits per heavy atom. The molecule has 4 aliphatic rings. The lowest BCUT2D eigenvalue weighted by atomic mass is 9.56. The highest BCUT2D eigenvalue weighted by Gasteiger charge is 2.76. The molecule has 0 spiro atoms. The Labute approximate surface area is 289 Å². The quantitative estimate of drug-likeness (QED) is 0.111. The average Bonchev–Trinajstić information content (AvgIpc) is 3.43. The molecule has 4 amide bonds. The molecule has 1 N–H and O–H groups in total. The first kappa shape index (κ1) is 31.4. The lowest BCUT2D eigenvalue weighted by molar-refractivity contribution is -0.125. The van der Waals surface area contributed by atoms with E-state index in [-0.39, 0.29) is 30.1 Å². The fraction of sp³-hybridized carbons (Fsp3) is 0.237. The summed E-state index contributed by atoms with van der Waals surface area (Å²) in [5.74, 6) is -6.78. The number of fused-ring (bicyclic) bond motifs is 5. The second kappa shape index (κ2) is 10.8. The number of nitrogens with zero attached hydrogens (tertiary/aromatic N) is 2. The van der Waals surface area contributed by atoms with Gasteiger partial charge in [0.15, 0.2) is 15.5 Å². The summed E-state index contributed by atoms with van der Waals surface area (Å²) < 4.78 is 13.9. The van der Waals surface area contributed by atoms with Crippen molar-refractivity contribution in [3.05, 3.63) is 114 Å². The van der Waals surface area contributed by atoms with E-state index in [2.05, 4.69) is 0 Å². The Kier molecular flexibility index (Phi) is 6.94. The van der Waals surface area contributed by atoms with Gasteiger partial charge in [-0.05, 0) is 91.2 Å². The molecule has 2 heterocycles. The number of imide groups is 2. The van der Waals surface area contributed by atoms with Gasteiger partial charge in [0, 0.05) is 16.9 Å². The van der Waals surface area contributed by atoms with Gasteiger partial charge < -0.3 is 5.11 Å². The largest absolute Gasteiger partial charge is 0.507 e. The highest BCUT2D eigenvalue weighted by Crippen LogP contribution is 2.66.